The Kier molecular flexibility index (Phi) is 5.14. The Hall–Kier alpha value is -2.37. The zero-order chi connectivity index (χ0) is 18.8. The van der Waals surface area contributed by atoms with Crippen LogP contribution in [0.1, 0.15) is 25.3 Å². The first-order chi connectivity index (χ1) is 13.1. The molecular formula is C21H22ClN3O2. The molecule has 0 amide bonds. The molecule has 2 aliphatic rings. The molecule has 140 valence electrons. The molecule has 2 aliphatic heterocycles. The minimum atomic E-state index is 0.129. The second-order valence-electron chi connectivity index (χ2n) is 6.84. The van der Waals surface area contributed by atoms with Crippen LogP contribution >= 0.6 is 11.6 Å². The van der Waals surface area contributed by atoms with Crippen LogP contribution in [0.15, 0.2) is 47.5 Å². The normalized spacial score (nSPS) is 18.7. The minimum absolute atomic E-state index is 0.129. The average molecular weight is 384 g/mol. The van der Waals surface area contributed by atoms with Crippen LogP contribution in [0.25, 0.3) is 0 Å². The van der Waals surface area contributed by atoms with Crippen LogP contribution in [-0.2, 0) is 4.79 Å². The van der Waals surface area contributed by atoms with Crippen molar-refractivity contribution >= 4 is 28.9 Å². The number of para-hydroxylation sites is 1. The number of rotatable bonds is 3. The van der Waals surface area contributed by atoms with E-state index in [4.69, 9.17) is 21.3 Å². The van der Waals surface area contributed by atoms with Gasteiger partial charge in [0.15, 0.2) is 5.75 Å². The fourth-order valence-corrected chi connectivity index (χ4v) is 3.68. The van der Waals surface area contributed by atoms with E-state index in [1.807, 2.05) is 43.3 Å². The van der Waals surface area contributed by atoms with Crippen molar-refractivity contribution in [1.82, 2.24) is 10.2 Å². The predicted octanol–water partition coefficient (Wildman–Crippen LogP) is 4.17. The van der Waals surface area contributed by atoms with Gasteiger partial charge in [0.05, 0.1) is 5.56 Å². The zero-order valence-electron chi connectivity index (χ0n) is 15.2. The molecule has 1 saturated heterocycles. The van der Waals surface area contributed by atoms with Crippen molar-refractivity contribution in [2.24, 2.45) is 4.99 Å². The molecule has 0 saturated carbocycles. The number of nitrogens with one attached hydrogen (secondary N) is 1. The summed E-state index contributed by atoms with van der Waals surface area (Å²) in [4.78, 5) is 19.1. The number of hydrogen-bond donors (Lipinski definition) is 1. The maximum absolute atomic E-state index is 11.9. The van der Waals surface area contributed by atoms with Crippen LogP contribution in [0.2, 0.25) is 5.02 Å². The van der Waals surface area contributed by atoms with Crippen LogP contribution in [0.4, 0.5) is 5.69 Å². The van der Waals surface area contributed by atoms with Gasteiger partial charge in [-0.15, -0.1) is 0 Å². The van der Waals surface area contributed by atoms with Gasteiger partial charge < -0.3 is 15.0 Å². The van der Waals surface area contributed by atoms with Crippen molar-refractivity contribution in [3.8, 4) is 11.5 Å². The molecule has 1 N–H and O–H groups in total. The Morgan fingerprint density at radius 3 is 3.00 bits per heavy atom. The largest absolute Gasteiger partial charge is 0.454 e. The molecule has 0 aliphatic carbocycles. The van der Waals surface area contributed by atoms with Gasteiger partial charge in [0.2, 0.25) is 0 Å². The highest BCUT2D eigenvalue weighted by molar-refractivity contribution is 6.31. The van der Waals surface area contributed by atoms with Crippen LogP contribution in [0, 0.1) is 0 Å². The van der Waals surface area contributed by atoms with Gasteiger partial charge in [0.25, 0.3) is 0 Å². The van der Waals surface area contributed by atoms with E-state index in [9.17, 15) is 4.79 Å². The quantitative estimate of drug-likeness (QED) is 0.864. The third-order valence-corrected chi connectivity index (χ3v) is 5.15. The summed E-state index contributed by atoms with van der Waals surface area (Å²) in [5, 5.41) is 4.07. The lowest BCUT2D eigenvalue weighted by Gasteiger charge is -2.35. The van der Waals surface area contributed by atoms with Gasteiger partial charge in [-0.2, -0.15) is 0 Å². The second kappa shape index (κ2) is 7.71. The number of carbonyl (C=O) groups is 1. The molecule has 2 aromatic rings. The molecule has 5 nitrogen and oxygen atoms in total. The predicted molar refractivity (Wildman–Crippen MR) is 107 cm³/mol. The number of nitrogens with zero attached hydrogens (tertiary/aromatic N) is 2. The van der Waals surface area contributed by atoms with Crippen molar-refractivity contribution < 1.29 is 9.53 Å². The van der Waals surface area contributed by atoms with Gasteiger partial charge in [-0.3, -0.25) is 4.79 Å². The summed E-state index contributed by atoms with van der Waals surface area (Å²) in [6, 6.07) is 13.5. The van der Waals surface area contributed by atoms with Gasteiger partial charge in [-0.05, 0) is 30.3 Å². The number of hydrogen-bond acceptors (Lipinski definition) is 5. The molecule has 4 rings (SSSR count). The lowest BCUT2D eigenvalue weighted by molar-refractivity contribution is -0.119. The number of aliphatic imine (C=N–C) groups is 1. The number of benzene rings is 2. The Morgan fingerprint density at radius 1 is 1.30 bits per heavy atom. The van der Waals surface area contributed by atoms with Crippen molar-refractivity contribution in [3.63, 3.8) is 0 Å². The maximum atomic E-state index is 11.9. The molecular weight excluding hydrogens is 362 g/mol. The molecule has 0 radical (unpaired) electrons. The number of fused-ring (bicyclic) bond motifs is 2. The average Bonchev–Trinajstić information content (AvgIpc) is 2.84. The van der Waals surface area contributed by atoms with E-state index >= 15 is 0 Å². The summed E-state index contributed by atoms with van der Waals surface area (Å²) in [6.07, 6.45) is 1.11. The minimum Gasteiger partial charge on any atom is -0.454 e. The summed E-state index contributed by atoms with van der Waals surface area (Å²) in [5.41, 5.74) is 1.67. The number of piperazine rings is 1. The first-order valence-corrected chi connectivity index (χ1v) is 9.67. The number of carbonyl (C=O) groups excluding carboxylic acids is 1. The van der Waals surface area contributed by atoms with E-state index < -0.39 is 0 Å². The van der Waals surface area contributed by atoms with E-state index in [0.717, 1.165) is 36.8 Å². The van der Waals surface area contributed by atoms with Gasteiger partial charge >= 0.3 is 0 Å². The topological polar surface area (TPSA) is 53.9 Å². The smallest absolute Gasteiger partial charge is 0.153 e. The molecule has 6 heteroatoms. The second-order valence-corrected chi connectivity index (χ2v) is 7.28. The first-order valence-electron chi connectivity index (χ1n) is 9.29. The Morgan fingerprint density at radius 2 is 2.15 bits per heavy atom. The number of amidine groups is 1. The Bertz CT molecular complexity index is 897. The zero-order valence-corrected chi connectivity index (χ0v) is 16.0. The highest BCUT2D eigenvalue weighted by Crippen LogP contribution is 2.39. The van der Waals surface area contributed by atoms with Gasteiger partial charge in [0.1, 0.15) is 23.1 Å². The fourth-order valence-electron chi connectivity index (χ4n) is 3.51. The highest BCUT2D eigenvalue weighted by atomic mass is 35.5. The van der Waals surface area contributed by atoms with Gasteiger partial charge in [0, 0.05) is 43.5 Å². The van der Waals surface area contributed by atoms with E-state index in [-0.39, 0.29) is 11.8 Å². The Balaban J connectivity index is 1.72. The summed E-state index contributed by atoms with van der Waals surface area (Å²) in [6.45, 7) is 4.27. The van der Waals surface area contributed by atoms with Crippen molar-refractivity contribution in [1.29, 1.82) is 0 Å². The first kappa shape index (κ1) is 18.0. The lowest BCUT2D eigenvalue weighted by Crippen LogP contribution is -2.53. The monoisotopic (exact) mass is 383 g/mol. The van der Waals surface area contributed by atoms with Crippen LogP contribution < -0.4 is 10.1 Å². The SMILES string of the molecule is CCC(=O)C[C@H]1CN(C2=Nc3cc(Cl)ccc3Oc3ccccc32)CCN1. The number of ketones is 1. The maximum Gasteiger partial charge on any atom is 0.153 e. The molecule has 1 fully saturated rings. The number of ether oxygens (including phenoxy) is 1. The lowest BCUT2D eigenvalue weighted by atomic mass is 10.0. The summed E-state index contributed by atoms with van der Waals surface area (Å²) >= 11 is 6.19. The highest BCUT2D eigenvalue weighted by Gasteiger charge is 2.27. The van der Waals surface area contributed by atoms with Gasteiger partial charge in [-0.25, -0.2) is 4.99 Å². The van der Waals surface area contributed by atoms with Crippen molar-refractivity contribution in [3.05, 3.63) is 53.1 Å². The van der Waals surface area contributed by atoms with E-state index in [2.05, 4.69) is 10.2 Å². The molecule has 0 aromatic heterocycles. The molecule has 0 bridgehead atoms. The van der Waals surface area contributed by atoms with Crippen molar-refractivity contribution in [2.45, 2.75) is 25.8 Å². The standard InChI is InChI=1S/C21H22ClN3O2/c1-2-16(26)12-15-13-25(10-9-23-15)21-17-5-3-4-6-19(17)27-20-8-7-14(22)11-18(20)24-21/h3-8,11,15,23H,2,9-10,12-13H2,1H3/t15-/m0/s1. The molecule has 27 heavy (non-hydrogen) atoms. The van der Waals surface area contributed by atoms with Gasteiger partial charge in [-0.1, -0.05) is 30.7 Å². The third-order valence-electron chi connectivity index (χ3n) is 4.92. The molecule has 2 aromatic carbocycles. The number of halogens is 1. The van der Waals surface area contributed by atoms with E-state index in [1.54, 1.807) is 6.07 Å². The summed E-state index contributed by atoms with van der Waals surface area (Å²) < 4.78 is 6.12. The summed E-state index contributed by atoms with van der Waals surface area (Å²) in [7, 11) is 0. The third kappa shape index (κ3) is 3.84. The number of Topliss-reactive ketones (excluding diaryl/α,β-unsaturated/α-hetero) is 1. The van der Waals surface area contributed by atoms with Crippen LogP contribution in [0.3, 0.4) is 0 Å². The fraction of sp³-hybridized carbons (Fsp3) is 0.333. The van der Waals surface area contributed by atoms with Crippen molar-refractivity contribution in [2.75, 3.05) is 19.6 Å². The van der Waals surface area contributed by atoms with E-state index in [0.29, 0.717) is 29.3 Å². The molecule has 2 heterocycles. The Labute approximate surface area is 164 Å². The molecule has 1 atom stereocenters. The molecule has 0 unspecified atom stereocenters. The van der Waals surface area contributed by atoms with Crippen LogP contribution in [0.5, 0.6) is 11.5 Å². The molecule has 0 spiro atoms. The van der Waals surface area contributed by atoms with E-state index in [1.165, 1.54) is 0 Å². The van der Waals surface area contributed by atoms with Crippen LogP contribution in [-0.4, -0.2) is 42.2 Å². The summed E-state index contributed by atoms with van der Waals surface area (Å²) in [5.74, 6) is 2.60.